The molecule has 0 aliphatic carbocycles. The summed E-state index contributed by atoms with van der Waals surface area (Å²) in [4.78, 5) is 2.47. The molecule has 2 rings (SSSR count). The van der Waals surface area contributed by atoms with Crippen molar-refractivity contribution < 1.29 is 4.74 Å². The molecule has 1 heterocycles. The molecule has 0 radical (unpaired) electrons. The van der Waals surface area contributed by atoms with Crippen LogP contribution < -0.4 is 16.2 Å². The second kappa shape index (κ2) is 8.35. The van der Waals surface area contributed by atoms with Crippen molar-refractivity contribution in [2.45, 2.75) is 19.3 Å². The highest BCUT2D eigenvalue weighted by Crippen LogP contribution is 2.29. The third-order valence-electron chi connectivity index (χ3n) is 3.37. The Kier molecular flexibility index (Phi) is 7.99. The van der Waals surface area contributed by atoms with Crippen LogP contribution in [-0.2, 0) is 6.42 Å². The van der Waals surface area contributed by atoms with E-state index in [1.807, 2.05) is 6.07 Å². The fourth-order valence-electron chi connectivity index (χ4n) is 2.37. The second-order valence-corrected chi connectivity index (χ2v) is 4.59. The number of anilines is 2. The quantitative estimate of drug-likeness (QED) is 0.838. The van der Waals surface area contributed by atoms with Gasteiger partial charge in [0.25, 0.3) is 0 Å². The number of benzene rings is 1. The van der Waals surface area contributed by atoms with Crippen LogP contribution in [0.15, 0.2) is 12.1 Å². The van der Waals surface area contributed by atoms with Crippen LogP contribution in [0, 0.1) is 0 Å². The lowest BCUT2D eigenvalue weighted by molar-refractivity contribution is 0.343. The summed E-state index contributed by atoms with van der Waals surface area (Å²) >= 11 is 0. The van der Waals surface area contributed by atoms with Crippen molar-refractivity contribution in [1.29, 1.82) is 0 Å². The summed E-state index contributed by atoms with van der Waals surface area (Å²) in [5.74, 6) is 0.682. The fraction of sp³-hybridized carbons (Fsp3) is 0.538. The summed E-state index contributed by atoms with van der Waals surface area (Å²) in [5, 5.41) is 0. The molecule has 0 amide bonds. The minimum atomic E-state index is 0. The second-order valence-electron chi connectivity index (χ2n) is 4.59. The number of methoxy groups -OCH3 is 1. The van der Waals surface area contributed by atoms with E-state index in [1.54, 1.807) is 13.2 Å². The molecule has 0 spiro atoms. The van der Waals surface area contributed by atoms with Crippen molar-refractivity contribution in [2.75, 3.05) is 38.2 Å². The van der Waals surface area contributed by atoms with Gasteiger partial charge in [0.15, 0.2) is 0 Å². The predicted molar refractivity (Wildman–Crippen MR) is 85.7 cm³/mol. The lowest BCUT2D eigenvalue weighted by Gasteiger charge is -2.16. The first-order chi connectivity index (χ1) is 8.20. The lowest BCUT2D eigenvalue weighted by atomic mass is 10.1. The van der Waals surface area contributed by atoms with Crippen LogP contribution in [0.25, 0.3) is 0 Å². The molecule has 1 saturated heterocycles. The first kappa shape index (κ1) is 18.2. The molecule has 6 heteroatoms. The van der Waals surface area contributed by atoms with E-state index in [9.17, 15) is 0 Å². The Morgan fingerprint density at radius 2 is 1.79 bits per heavy atom. The number of nitrogens with zero attached hydrogens (tertiary/aromatic N) is 1. The van der Waals surface area contributed by atoms with Crippen molar-refractivity contribution >= 4 is 36.2 Å². The van der Waals surface area contributed by atoms with E-state index in [1.165, 1.54) is 25.9 Å². The third-order valence-corrected chi connectivity index (χ3v) is 3.37. The Bertz CT molecular complexity index is 396. The Balaban J connectivity index is 0.00000162. The fourth-order valence-corrected chi connectivity index (χ4v) is 2.37. The third kappa shape index (κ3) is 4.64. The van der Waals surface area contributed by atoms with Crippen molar-refractivity contribution in [3.05, 3.63) is 17.7 Å². The van der Waals surface area contributed by atoms with E-state index < -0.39 is 0 Å². The summed E-state index contributed by atoms with van der Waals surface area (Å²) in [7, 11) is 1.62. The molecular weight excluding hydrogens is 285 g/mol. The minimum absolute atomic E-state index is 0. The van der Waals surface area contributed by atoms with Gasteiger partial charge in [0, 0.05) is 18.3 Å². The minimum Gasteiger partial charge on any atom is -0.495 e. The van der Waals surface area contributed by atoms with Gasteiger partial charge in [0.1, 0.15) is 5.75 Å². The molecule has 1 aliphatic heterocycles. The number of rotatable bonds is 4. The Labute approximate surface area is 127 Å². The summed E-state index contributed by atoms with van der Waals surface area (Å²) in [6.45, 7) is 3.47. The molecule has 1 aromatic rings. The Morgan fingerprint density at radius 1 is 1.16 bits per heavy atom. The number of likely N-dealkylation sites (tertiary alicyclic amines) is 1. The van der Waals surface area contributed by atoms with Gasteiger partial charge in [-0.1, -0.05) is 0 Å². The van der Waals surface area contributed by atoms with Crippen LogP contribution in [0.5, 0.6) is 5.75 Å². The molecule has 1 aliphatic rings. The number of halogens is 2. The van der Waals surface area contributed by atoms with E-state index >= 15 is 0 Å². The maximum absolute atomic E-state index is 6.05. The number of nitrogens with two attached hydrogens (primary N) is 2. The molecule has 0 atom stereocenters. The Morgan fingerprint density at radius 3 is 2.37 bits per heavy atom. The van der Waals surface area contributed by atoms with Gasteiger partial charge in [0.05, 0.1) is 12.8 Å². The van der Waals surface area contributed by atoms with Gasteiger partial charge in [-0.3, -0.25) is 0 Å². The first-order valence-corrected chi connectivity index (χ1v) is 6.15. The van der Waals surface area contributed by atoms with Gasteiger partial charge in [-0.05, 0) is 44.0 Å². The molecule has 1 aromatic carbocycles. The van der Waals surface area contributed by atoms with E-state index in [-0.39, 0.29) is 24.8 Å². The molecule has 0 saturated carbocycles. The van der Waals surface area contributed by atoms with Crippen LogP contribution in [0.3, 0.4) is 0 Å². The molecule has 4 nitrogen and oxygen atoms in total. The predicted octanol–water partition coefficient (Wildman–Crippen LogP) is 2.34. The van der Waals surface area contributed by atoms with E-state index in [0.29, 0.717) is 11.4 Å². The van der Waals surface area contributed by atoms with Crippen molar-refractivity contribution in [1.82, 2.24) is 4.90 Å². The standard InChI is InChI=1S/C13H21N3O.2ClH/c1-17-12-9-11(14)8-10(13(12)15)4-7-16-5-2-3-6-16;;/h8-9H,2-7,14-15H2,1H3;2*1H. The average Bonchev–Trinajstić information content (AvgIpc) is 2.82. The zero-order valence-corrected chi connectivity index (χ0v) is 12.9. The normalized spacial score (nSPS) is 14.6. The summed E-state index contributed by atoms with van der Waals surface area (Å²) in [6.07, 6.45) is 3.57. The number of nitrogen functional groups attached to an aromatic ring is 2. The van der Waals surface area contributed by atoms with Gasteiger partial charge in [-0.2, -0.15) is 0 Å². The van der Waals surface area contributed by atoms with E-state index in [0.717, 1.165) is 24.2 Å². The van der Waals surface area contributed by atoms with Gasteiger partial charge in [-0.15, -0.1) is 24.8 Å². The van der Waals surface area contributed by atoms with Crippen LogP contribution in [0.4, 0.5) is 11.4 Å². The van der Waals surface area contributed by atoms with Gasteiger partial charge in [-0.25, -0.2) is 0 Å². The molecule has 0 aromatic heterocycles. The zero-order chi connectivity index (χ0) is 12.3. The van der Waals surface area contributed by atoms with Gasteiger partial charge in [0.2, 0.25) is 0 Å². The van der Waals surface area contributed by atoms with Crippen LogP contribution in [-0.4, -0.2) is 31.6 Å². The highest BCUT2D eigenvalue weighted by Gasteiger charge is 2.13. The van der Waals surface area contributed by atoms with Crippen LogP contribution >= 0.6 is 24.8 Å². The van der Waals surface area contributed by atoms with Crippen molar-refractivity contribution in [3.8, 4) is 5.75 Å². The van der Waals surface area contributed by atoms with Gasteiger partial charge < -0.3 is 21.1 Å². The Hall–Kier alpha value is -0.840. The zero-order valence-electron chi connectivity index (χ0n) is 11.2. The molecule has 1 fully saturated rings. The lowest BCUT2D eigenvalue weighted by Crippen LogP contribution is -2.22. The monoisotopic (exact) mass is 307 g/mol. The molecular formula is C13H23Cl2N3O. The number of hydrogen-bond donors (Lipinski definition) is 2. The number of hydrogen-bond acceptors (Lipinski definition) is 4. The maximum Gasteiger partial charge on any atom is 0.144 e. The molecule has 110 valence electrons. The molecule has 0 unspecified atom stereocenters. The van der Waals surface area contributed by atoms with Gasteiger partial charge >= 0.3 is 0 Å². The summed E-state index contributed by atoms with van der Waals surface area (Å²) < 4.78 is 5.22. The molecule has 4 N–H and O–H groups in total. The molecule has 0 bridgehead atoms. The average molecular weight is 308 g/mol. The summed E-state index contributed by atoms with van der Waals surface area (Å²) in [5.41, 5.74) is 14.4. The van der Waals surface area contributed by atoms with E-state index in [4.69, 9.17) is 16.2 Å². The smallest absolute Gasteiger partial charge is 0.144 e. The number of ether oxygens (including phenoxy) is 1. The first-order valence-electron chi connectivity index (χ1n) is 6.15. The largest absolute Gasteiger partial charge is 0.495 e. The van der Waals surface area contributed by atoms with Crippen LogP contribution in [0.1, 0.15) is 18.4 Å². The van der Waals surface area contributed by atoms with E-state index in [2.05, 4.69) is 4.90 Å². The SMILES string of the molecule is COc1cc(N)cc(CCN2CCCC2)c1N.Cl.Cl. The van der Waals surface area contributed by atoms with Crippen molar-refractivity contribution in [2.24, 2.45) is 0 Å². The maximum atomic E-state index is 6.05. The summed E-state index contributed by atoms with van der Waals surface area (Å²) in [6, 6.07) is 3.72. The van der Waals surface area contributed by atoms with Crippen LogP contribution in [0.2, 0.25) is 0 Å². The highest BCUT2D eigenvalue weighted by molar-refractivity contribution is 5.85. The van der Waals surface area contributed by atoms with Crippen molar-refractivity contribution in [3.63, 3.8) is 0 Å². The highest BCUT2D eigenvalue weighted by atomic mass is 35.5. The topological polar surface area (TPSA) is 64.5 Å². The molecule has 19 heavy (non-hydrogen) atoms.